The standard InChI is InChI=1S/C36H45N5O4/c1-25(2)38-35(42)28-8-10-32(11-9-28)45-34-12-7-27(22-37-34)23-39-17-13-31(14-18-39)41-33(29-6-4-5-26(3)21-29)24-40(36(41)43)30-15-19-44-20-16-30/h4-12,21-22,25,30-31,33H,13-20,23-24H2,1-3H3,(H,38,42). The molecule has 1 atom stereocenters. The average molecular weight is 612 g/mol. The van der Waals surface area contributed by atoms with Crippen LogP contribution in [0.15, 0.2) is 66.9 Å². The van der Waals surface area contributed by atoms with Crippen molar-refractivity contribution in [3.05, 3.63) is 89.1 Å². The summed E-state index contributed by atoms with van der Waals surface area (Å²) < 4.78 is 11.5. The fourth-order valence-electron chi connectivity index (χ4n) is 6.81. The van der Waals surface area contributed by atoms with E-state index in [0.29, 0.717) is 17.2 Å². The van der Waals surface area contributed by atoms with Gasteiger partial charge >= 0.3 is 6.03 Å². The molecular weight excluding hydrogens is 566 g/mol. The number of urea groups is 1. The number of likely N-dealkylation sites (tertiary alicyclic amines) is 1. The number of ether oxygens (including phenoxy) is 2. The summed E-state index contributed by atoms with van der Waals surface area (Å²) in [4.78, 5) is 37.5. The molecule has 3 aliphatic rings. The molecule has 238 valence electrons. The number of aromatic nitrogens is 1. The molecule has 2 aromatic carbocycles. The van der Waals surface area contributed by atoms with E-state index in [1.165, 1.54) is 11.1 Å². The lowest BCUT2D eigenvalue weighted by molar-refractivity contribution is 0.0493. The molecule has 0 radical (unpaired) electrons. The van der Waals surface area contributed by atoms with Crippen LogP contribution in [0.4, 0.5) is 4.79 Å². The zero-order chi connectivity index (χ0) is 31.3. The van der Waals surface area contributed by atoms with E-state index in [0.717, 1.165) is 70.6 Å². The van der Waals surface area contributed by atoms with Gasteiger partial charge in [0.2, 0.25) is 5.88 Å². The van der Waals surface area contributed by atoms with Gasteiger partial charge < -0.3 is 24.6 Å². The molecule has 0 spiro atoms. The highest BCUT2D eigenvalue weighted by Gasteiger charge is 2.45. The van der Waals surface area contributed by atoms with Crippen LogP contribution < -0.4 is 10.1 Å². The smallest absolute Gasteiger partial charge is 0.321 e. The number of carbonyl (C=O) groups excluding carboxylic acids is 2. The van der Waals surface area contributed by atoms with Gasteiger partial charge in [-0.25, -0.2) is 9.78 Å². The van der Waals surface area contributed by atoms with Crippen molar-refractivity contribution < 1.29 is 19.1 Å². The van der Waals surface area contributed by atoms with Gasteiger partial charge in [-0.15, -0.1) is 0 Å². The van der Waals surface area contributed by atoms with Gasteiger partial charge in [0.25, 0.3) is 5.91 Å². The minimum Gasteiger partial charge on any atom is -0.439 e. The topological polar surface area (TPSA) is 87.2 Å². The molecule has 4 heterocycles. The molecule has 3 aromatic rings. The van der Waals surface area contributed by atoms with Crippen molar-refractivity contribution in [1.29, 1.82) is 0 Å². The number of rotatable bonds is 9. The molecular formula is C36H45N5O4. The van der Waals surface area contributed by atoms with E-state index in [1.807, 2.05) is 26.1 Å². The SMILES string of the molecule is Cc1cccc(C2CN(C3CCOCC3)C(=O)N2C2CCN(Cc3ccc(Oc4ccc(C(=O)NC(C)C)cc4)nc3)CC2)c1. The molecule has 9 heteroatoms. The molecule has 45 heavy (non-hydrogen) atoms. The largest absolute Gasteiger partial charge is 0.439 e. The number of hydrogen-bond donors (Lipinski definition) is 1. The van der Waals surface area contributed by atoms with Crippen molar-refractivity contribution in [2.75, 3.05) is 32.8 Å². The molecule has 3 amide bonds. The lowest BCUT2D eigenvalue weighted by Crippen LogP contribution is -2.48. The van der Waals surface area contributed by atoms with Crippen LogP contribution in [0.25, 0.3) is 0 Å². The third-order valence-electron chi connectivity index (χ3n) is 9.14. The number of hydrogen-bond acceptors (Lipinski definition) is 6. The summed E-state index contributed by atoms with van der Waals surface area (Å²) in [6, 6.07) is 20.5. The summed E-state index contributed by atoms with van der Waals surface area (Å²) in [7, 11) is 0. The van der Waals surface area contributed by atoms with Gasteiger partial charge in [0.1, 0.15) is 5.75 Å². The second-order valence-electron chi connectivity index (χ2n) is 12.9. The first-order valence-electron chi connectivity index (χ1n) is 16.3. The fraction of sp³-hybridized carbons (Fsp3) is 0.472. The maximum atomic E-state index is 14.0. The molecule has 0 saturated carbocycles. The number of aryl methyl sites for hydroxylation is 1. The fourth-order valence-corrected chi connectivity index (χ4v) is 6.81. The molecule has 9 nitrogen and oxygen atoms in total. The maximum Gasteiger partial charge on any atom is 0.321 e. The number of nitrogens with zero attached hydrogens (tertiary/aromatic N) is 4. The van der Waals surface area contributed by atoms with E-state index < -0.39 is 0 Å². The molecule has 3 saturated heterocycles. The monoisotopic (exact) mass is 611 g/mol. The highest BCUT2D eigenvalue weighted by Crippen LogP contribution is 2.37. The summed E-state index contributed by atoms with van der Waals surface area (Å²) >= 11 is 0. The van der Waals surface area contributed by atoms with Crippen molar-refractivity contribution in [3.63, 3.8) is 0 Å². The summed E-state index contributed by atoms with van der Waals surface area (Å²) in [6.07, 6.45) is 5.61. The molecule has 3 fully saturated rings. The van der Waals surface area contributed by atoms with Gasteiger partial charge in [-0.05, 0) is 81.8 Å². The van der Waals surface area contributed by atoms with E-state index in [2.05, 4.69) is 62.3 Å². The Kier molecular flexibility index (Phi) is 9.66. The van der Waals surface area contributed by atoms with Gasteiger partial charge in [0.15, 0.2) is 0 Å². The Labute approximate surface area is 266 Å². The number of amides is 3. The van der Waals surface area contributed by atoms with Crippen molar-refractivity contribution in [2.45, 2.75) is 77.2 Å². The molecule has 6 rings (SSSR count). The molecule has 3 aliphatic heterocycles. The van der Waals surface area contributed by atoms with Crippen molar-refractivity contribution in [2.24, 2.45) is 0 Å². The third kappa shape index (κ3) is 7.48. The number of benzene rings is 2. The number of pyridine rings is 1. The number of piperidine rings is 1. The zero-order valence-corrected chi connectivity index (χ0v) is 26.7. The minimum atomic E-state index is -0.0989. The second kappa shape index (κ2) is 14.0. The average Bonchev–Trinajstić information content (AvgIpc) is 3.39. The van der Waals surface area contributed by atoms with Gasteiger partial charge in [-0.3, -0.25) is 9.69 Å². The van der Waals surface area contributed by atoms with Crippen molar-refractivity contribution in [1.82, 2.24) is 25.0 Å². The summed E-state index contributed by atoms with van der Waals surface area (Å²) in [6.45, 7) is 10.9. The summed E-state index contributed by atoms with van der Waals surface area (Å²) in [5.74, 6) is 1.05. The molecule has 0 bridgehead atoms. The zero-order valence-electron chi connectivity index (χ0n) is 26.7. The molecule has 1 unspecified atom stereocenters. The Hall–Kier alpha value is -3.95. The summed E-state index contributed by atoms with van der Waals surface area (Å²) in [5.41, 5.74) is 4.19. The van der Waals surface area contributed by atoms with Gasteiger partial charge in [-0.2, -0.15) is 0 Å². The van der Waals surface area contributed by atoms with E-state index in [4.69, 9.17) is 9.47 Å². The molecule has 0 aliphatic carbocycles. The van der Waals surface area contributed by atoms with E-state index in [-0.39, 0.29) is 36.1 Å². The first-order chi connectivity index (χ1) is 21.8. The Bertz CT molecular complexity index is 1450. The predicted molar refractivity (Wildman–Crippen MR) is 173 cm³/mol. The highest BCUT2D eigenvalue weighted by atomic mass is 16.5. The van der Waals surface area contributed by atoms with Gasteiger partial charge in [0.05, 0.1) is 6.04 Å². The third-order valence-corrected chi connectivity index (χ3v) is 9.14. The maximum absolute atomic E-state index is 14.0. The van der Waals surface area contributed by atoms with Crippen LogP contribution in [-0.4, -0.2) is 82.6 Å². The van der Waals surface area contributed by atoms with Crippen molar-refractivity contribution in [3.8, 4) is 11.6 Å². The minimum absolute atomic E-state index is 0.0846. The van der Waals surface area contributed by atoms with Crippen LogP contribution >= 0.6 is 0 Å². The van der Waals surface area contributed by atoms with Crippen LogP contribution in [-0.2, 0) is 11.3 Å². The van der Waals surface area contributed by atoms with E-state index >= 15 is 0 Å². The molecule has 1 aromatic heterocycles. The highest BCUT2D eigenvalue weighted by molar-refractivity contribution is 5.94. The van der Waals surface area contributed by atoms with Crippen LogP contribution in [0, 0.1) is 6.92 Å². The Balaban J connectivity index is 1.05. The van der Waals surface area contributed by atoms with Crippen LogP contribution in [0.5, 0.6) is 11.6 Å². The van der Waals surface area contributed by atoms with Crippen molar-refractivity contribution >= 4 is 11.9 Å². The Morgan fingerprint density at radius 3 is 2.42 bits per heavy atom. The van der Waals surface area contributed by atoms with Gasteiger partial charge in [-0.1, -0.05) is 35.9 Å². The molecule has 1 N–H and O–H groups in total. The Morgan fingerprint density at radius 1 is 1.00 bits per heavy atom. The van der Waals surface area contributed by atoms with Crippen LogP contribution in [0.3, 0.4) is 0 Å². The van der Waals surface area contributed by atoms with E-state index in [1.54, 1.807) is 24.3 Å². The second-order valence-corrected chi connectivity index (χ2v) is 12.9. The number of carbonyl (C=O) groups is 2. The van der Waals surface area contributed by atoms with Crippen LogP contribution in [0.1, 0.15) is 72.6 Å². The number of nitrogens with one attached hydrogen (secondary N) is 1. The summed E-state index contributed by atoms with van der Waals surface area (Å²) in [5, 5.41) is 2.89. The predicted octanol–water partition coefficient (Wildman–Crippen LogP) is 5.94. The van der Waals surface area contributed by atoms with E-state index in [9.17, 15) is 9.59 Å². The van der Waals surface area contributed by atoms with Crippen LogP contribution in [0.2, 0.25) is 0 Å². The Morgan fingerprint density at radius 2 is 1.76 bits per heavy atom. The lowest BCUT2D eigenvalue weighted by atomic mass is 9.98. The quantitative estimate of drug-likeness (QED) is 0.322. The normalized spacial score (nSPS) is 20.2. The first-order valence-corrected chi connectivity index (χ1v) is 16.3. The first kappa shape index (κ1) is 31.0. The van der Waals surface area contributed by atoms with Gasteiger partial charge in [0, 0.05) is 75.3 Å². The lowest BCUT2D eigenvalue weighted by Gasteiger charge is -2.39.